The van der Waals surface area contributed by atoms with E-state index in [1.807, 2.05) is 0 Å². The van der Waals surface area contributed by atoms with Gasteiger partial charge in [0, 0.05) is 10.6 Å². The average molecular weight is 465 g/mol. The number of amides is 1. The van der Waals surface area contributed by atoms with Crippen LogP contribution in [0.15, 0.2) is 78.4 Å². The number of aliphatic hydroxyl groups excluding tert-OH is 1. The highest BCUT2D eigenvalue weighted by Gasteiger charge is 2.48. The lowest BCUT2D eigenvalue weighted by Gasteiger charge is -2.23. The van der Waals surface area contributed by atoms with E-state index in [2.05, 4.69) is 4.98 Å². The molecule has 8 heteroatoms. The molecule has 32 heavy (non-hydrogen) atoms. The van der Waals surface area contributed by atoms with Gasteiger partial charge in [-0.3, -0.25) is 14.5 Å². The molecule has 1 aromatic heterocycles. The SMILES string of the molecule is O=C1C(=O)N(c2nc3ccc(F)cc3s2)[C@H](c2ccc(Cl)cc2)/C1=C(\O)c1ccccc1. The molecule has 0 unspecified atom stereocenters. The van der Waals surface area contributed by atoms with E-state index in [1.54, 1.807) is 54.6 Å². The second-order valence-corrected chi connectivity index (χ2v) is 8.64. The van der Waals surface area contributed by atoms with E-state index < -0.39 is 23.5 Å². The molecule has 4 aromatic rings. The van der Waals surface area contributed by atoms with Crippen molar-refractivity contribution < 1.29 is 19.1 Å². The van der Waals surface area contributed by atoms with Crippen molar-refractivity contribution in [2.75, 3.05) is 4.90 Å². The number of nitrogens with zero attached hydrogens (tertiary/aromatic N) is 2. The van der Waals surface area contributed by atoms with Crippen LogP contribution in [0.3, 0.4) is 0 Å². The molecular formula is C24H14ClFN2O3S. The monoisotopic (exact) mass is 464 g/mol. The number of Topliss-reactive ketones (excluding diaryl/α,β-unsaturated/α-hetero) is 1. The van der Waals surface area contributed by atoms with Crippen LogP contribution >= 0.6 is 22.9 Å². The fraction of sp³-hybridized carbons (Fsp3) is 0.0417. The van der Waals surface area contributed by atoms with Crippen molar-refractivity contribution in [2.45, 2.75) is 6.04 Å². The van der Waals surface area contributed by atoms with Crippen molar-refractivity contribution in [1.29, 1.82) is 0 Å². The molecule has 158 valence electrons. The molecule has 5 rings (SSSR count). The van der Waals surface area contributed by atoms with E-state index in [0.717, 1.165) is 11.3 Å². The normalized spacial score (nSPS) is 17.9. The van der Waals surface area contributed by atoms with Crippen LogP contribution < -0.4 is 4.90 Å². The summed E-state index contributed by atoms with van der Waals surface area (Å²) in [4.78, 5) is 32.0. The maximum absolute atomic E-state index is 13.7. The van der Waals surface area contributed by atoms with Crippen LogP contribution in [0.4, 0.5) is 9.52 Å². The van der Waals surface area contributed by atoms with Gasteiger partial charge in [-0.1, -0.05) is 65.4 Å². The van der Waals surface area contributed by atoms with Crippen molar-refractivity contribution in [3.63, 3.8) is 0 Å². The molecule has 1 aliphatic rings. The first-order chi connectivity index (χ1) is 15.4. The van der Waals surface area contributed by atoms with Gasteiger partial charge in [-0.05, 0) is 35.9 Å². The van der Waals surface area contributed by atoms with Gasteiger partial charge in [0.2, 0.25) is 0 Å². The van der Waals surface area contributed by atoms with E-state index >= 15 is 0 Å². The molecule has 0 radical (unpaired) electrons. The van der Waals surface area contributed by atoms with Crippen molar-refractivity contribution in [3.05, 3.63) is 100 Å². The highest BCUT2D eigenvalue weighted by atomic mass is 35.5. The molecular weight excluding hydrogens is 451 g/mol. The Morgan fingerprint density at radius 1 is 1.03 bits per heavy atom. The van der Waals surface area contributed by atoms with Crippen molar-refractivity contribution in [1.82, 2.24) is 4.98 Å². The number of anilines is 1. The molecule has 0 aliphatic carbocycles. The molecule has 1 atom stereocenters. The Morgan fingerprint density at radius 3 is 2.47 bits per heavy atom. The molecule has 1 amide bonds. The summed E-state index contributed by atoms with van der Waals surface area (Å²) in [5.74, 6) is -2.34. The highest BCUT2D eigenvalue weighted by Crippen LogP contribution is 2.44. The molecule has 1 aliphatic heterocycles. The number of rotatable bonds is 3. The second kappa shape index (κ2) is 7.85. The van der Waals surface area contributed by atoms with Crippen molar-refractivity contribution in [3.8, 4) is 0 Å². The van der Waals surface area contributed by atoms with Crippen LogP contribution in [-0.4, -0.2) is 21.8 Å². The van der Waals surface area contributed by atoms with E-state index in [4.69, 9.17) is 11.6 Å². The predicted molar refractivity (Wildman–Crippen MR) is 122 cm³/mol. The maximum Gasteiger partial charge on any atom is 0.301 e. The fourth-order valence-corrected chi connectivity index (χ4v) is 4.87. The van der Waals surface area contributed by atoms with E-state index in [0.29, 0.717) is 26.4 Å². The van der Waals surface area contributed by atoms with Crippen LogP contribution in [0.5, 0.6) is 0 Å². The Kier molecular flexibility index (Phi) is 5.00. The number of benzene rings is 3. The molecule has 0 saturated carbocycles. The van der Waals surface area contributed by atoms with Gasteiger partial charge in [0.15, 0.2) is 5.13 Å². The van der Waals surface area contributed by atoms with Gasteiger partial charge in [0.1, 0.15) is 11.6 Å². The maximum atomic E-state index is 13.7. The minimum absolute atomic E-state index is 0.0473. The summed E-state index contributed by atoms with van der Waals surface area (Å²) in [5, 5.41) is 11.7. The third-order valence-corrected chi connectivity index (χ3v) is 6.49. The van der Waals surface area contributed by atoms with Gasteiger partial charge in [0.05, 0.1) is 21.8 Å². The van der Waals surface area contributed by atoms with Crippen LogP contribution in [0.25, 0.3) is 16.0 Å². The molecule has 3 aromatic carbocycles. The minimum Gasteiger partial charge on any atom is -0.507 e. The number of aromatic nitrogens is 1. The summed E-state index contributed by atoms with van der Waals surface area (Å²) < 4.78 is 14.2. The molecule has 1 fully saturated rings. The van der Waals surface area contributed by atoms with Gasteiger partial charge in [0.25, 0.3) is 5.78 Å². The second-order valence-electron chi connectivity index (χ2n) is 7.20. The number of hydrogen-bond acceptors (Lipinski definition) is 5. The lowest BCUT2D eigenvalue weighted by atomic mass is 9.95. The summed E-state index contributed by atoms with van der Waals surface area (Å²) in [6, 6.07) is 18.4. The van der Waals surface area contributed by atoms with Gasteiger partial charge >= 0.3 is 5.91 Å². The number of halogens is 2. The van der Waals surface area contributed by atoms with Crippen LogP contribution in [0.1, 0.15) is 17.2 Å². The number of fused-ring (bicyclic) bond motifs is 1. The number of thiazole rings is 1. The van der Waals surface area contributed by atoms with Crippen LogP contribution in [0, 0.1) is 5.82 Å². The average Bonchev–Trinajstić information content (AvgIpc) is 3.32. The van der Waals surface area contributed by atoms with Gasteiger partial charge in [-0.15, -0.1) is 0 Å². The standard InChI is InChI=1S/C24H14ClFN2O3S/c25-15-8-6-13(7-9-15)20-19(21(29)14-4-2-1-3-5-14)22(30)23(31)28(20)24-27-17-11-10-16(26)12-18(17)32-24/h1-12,20,29H/b21-19+/t20-/m1/s1. The lowest BCUT2D eigenvalue weighted by Crippen LogP contribution is -2.29. The first-order valence-electron chi connectivity index (χ1n) is 9.62. The van der Waals surface area contributed by atoms with Gasteiger partial charge in [-0.25, -0.2) is 9.37 Å². The first-order valence-corrected chi connectivity index (χ1v) is 10.8. The highest BCUT2D eigenvalue weighted by molar-refractivity contribution is 7.22. The minimum atomic E-state index is -0.919. The van der Waals surface area contributed by atoms with Crippen LogP contribution in [0.2, 0.25) is 5.02 Å². The zero-order chi connectivity index (χ0) is 22.4. The molecule has 2 heterocycles. The Morgan fingerprint density at radius 2 is 1.75 bits per heavy atom. The largest absolute Gasteiger partial charge is 0.507 e. The number of ketones is 1. The molecule has 0 bridgehead atoms. The summed E-state index contributed by atoms with van der Waals surface area (Å²) >= 11 is 7.13. The Bertz CT molecular complexity index is 1400. The lowest BCUT2D eigenvalue weighted by molar-refractivity contribution is -0.132. The van der Waals surface area contributed by atoms with E-state index in [9.17, 15) is 19.1 Å². The summed E-state index contributed by atoms with van der Waals surface area (Å²) in [6.45, 7) is 0. The van der Waals surface area contributed by atoms with Crippen molar-refractivity contribution in [2.24, 2.45) is 0 Å². The summed E-state index contributed by atoms with van der Waals surface area (Å²) in [5.41, 5.74) is 1.45. The van der Waals surface area contributed by atoms with E-state index in [-0.39, 0.29) is 16.5 Å². The van der Waals surface area contributed by atoms with Crippen LogP contribution in [-0.2, 0) is 9.59 Å². The Labute approximate surface area is 191 Å². The number of aliphatic hydroxyl groups is 1. The first kappa shape index (κ1) is 20.4. The van der Waals surface area contributed by atoms with Crippen molar-refractivity contribution >= 4 is 55.7 Å². The predicted octanol–water partition coefficient (Wildman–Crippen LogP) is 5.72. The molecule has 1 N–H and O–H groups in total. The third kappa shape index (κ3) is 3.36. The third-order valence-electron chi connectivity index (χ3n) is 5.22. The topological polar surface area (TPSA) is 70.5 Å². The fourth-order valence-electron chi connectivity index (χ4n) is 3.73. The molecule has 0 spiro atoms. The molecule has 1 saturated heterocycles. The number of carbonyl (C=O) groups is 2. The smallest absolute Gasteiger partial charge is 0.301 e. The number of hydrogen-bond donors (Lipinski definition) is 1. The quantitative estimate of drug-likeness (QED) is 0.239. The zero-order valence-corrected chi connectivity index (χ0v) is 17.9. The Balaban J connectivity index is 1.73. The molecule has 5 nitrogen and oxygen atoms in total. The van der Waals surface area contributed by atoms with Gasteiger partial charge < -0.3 is 5.11 Å². The zero-order valence-electron chi connectivity index (χ0n) is 16.3. The summed E-state index contributed by atoms with van der Waals surface area (Å²) in [6.07, 6.45) is 0. The summed E-state index contributed by atoms with van der Waals surface area (Å²) in [7, 11) is 0. The Hall–Kier alpha value is -3.55. The number of carbonyl (C=O) groups excluding carboxylic acids is 2. The van der Waals surface area contributed by atoms with Gasteiger partial charge in [-0.2, -0.15) is 0 Å². The van der Waals surface area contributed by atoms with E-state index in [1.165, 1.54) is 23.1 Å².